The fourth-order valence-electron chi connectivity index (χ4n) is 1.97. The molecule has 2 atom stereocenters. The Balaban J connectivity index is 1.84. The Morgan fingerprint density at radius 3 is 3.12 bits per heavy atom. The van der Waals surface area contributed by atoms with Crippen LogP contribution in [0.3, 0.4) is 0 Å². The Labute approximate surface area is 107 Å². The van der Waals surface area contributed by atoms with Gasteiger partial charge >= 0.3 is 0 Å². The van der Waals surface area contributed by atoms with E-state index in [4.69, 9.17) is 11.6 Å². The van der Waals surface area contributed by atoms with Crippen molar-refractivity contribution in [1.82, 2.24) is 5.32 Å². The lowest BCUT2D eigenvalue weighted by Crippen LogP contribution is -2.26. The maximum atomic E-state index is 11.5. The first kappa shape index (κ1) is 12.2. The van der Waals surface area contributed by atoms with Crippen LogP contribution in [0.5, 0.6) is 0 Å². The normalized spacial score (nSPS) is 21.9. The molecule has 0 spiro atoms. The number of hydrogen-bond acceptors (Lipinski definition) is 1. The summed E-state index contributed by atoms with van der Waals surface area (Å²) in [7, 11) is 0. The van der Waals surface area contributed by atoms with Crippen molar-refractivity contribution in [3.8, 4) is 0 Å². The van der Waals surface area contributed by atoms with Crippen LogP contribution in [0.4, 0.5) is 0 Å². The van der Waals surface area contributed by atoms with Crippen LogP contribution < -0.4 is 5.32 Å². The SMILES string of the molecule is C=CCCC(=O)N[C@@H]1C[C@H]1c1cccc(Cl)c1. The smallest absolute Gasteiger partial charge is 0.220 e. The standard InChI is InChI=1S/C14H16ClNO/c1-2-3-7-14(17)16-13-9-12(13)10-5-4-6-11(15)8-10/h2,4-6,8,12-13H,1,3,7,9H2,(H,16,17)/t12-,13+/m0/s1. The molecule has 0 heterocycles. The van der Waals surface area contributed by atoms with Crippen molar-refractivity contribution in [1.29, 1.82) is 0 Å². The third kappa shape index (κ3) is 3.34. The van der Waals surface area contributed by atoms with Crippen molar-refractivity contribution in [2.75, 3.05) is 0 Å². The van der Waals surface area contributed by atoms with E-state index in [9.17, 15) is 4.79 Å². The quantitative estimate of drug-likeness (QED) is 0.798. The summed E-state index contributed by atoms with van der Waals surface area (Å²) < 4.78 is 0. The minimum Gasteiger partial charge on any atom is -0.353 e. The zero-order valence-corrected chi connectivity index (χ0v) is 10.4. The number of nitrogens with one attached hydrogen (secondary N) is 1. The second-order valence-corrected chi connectivity index (χ2v) is 4.83. The van der Waals surface area contributed by atoms with Crippen LogP contribution >= 0.6 is 11.6 Å². The van der Waals surface area contributed by atoms with Gasteiger partial charge in [-0.2, -0.15) is 0 Å². The van der Waals surface area contributed by atoms with E-state index in [0.717, 1.165) is 17.9 Å². The third-order valence-electron chi connectivity index (χ3n) is 2.99. The largest absolute Gasteiger partial charge is 0.353 e. The molecule has 0 aromatic heterocycles. The fraction of sp³-hybridized carbons (Fsp3) is 0.357. The molecule has 17 heavy (non-hydrogen) atoms. The van der Waals surface area contributed by atoms with E-state index in [2.05, 4.69) is 18.0 Å². The molecular formula is C14H16ClNO. The van der Waals surface area contributed by atoms with Crippen LogP contribution in [0.15, 0.2) is 36.9 Å². The molecule has 0 aliphatic heterocycles. The Morgan fingerprint density at radius 1 is 1.59 bits per heavy atom. The molecule has 3 heteroatoms. The molecule has 1 aromatic rings. The van der Waals surface area contributed by atoms with E-state index < -0.39 is 0 Å². The van der Waals surface area contributed by atoms with Crippen LogP contribution in [0.1, 0.15) is 30.7 Å². The van der Waals surface area contributed by atoms with Crippen LogP contribution in [-0.2, 0) is 4.79 Å². The number of halogens is 1. The van der Waals surface area contributed by atoms with Gasteiger partial charge in [0.1, 0.15) is 0 Å². The average molecular weight is 250 g/mol. The first-order chi connectivity index (χ1) is 8.20. The van der Waals surface area contributed by atoms with Gasteiger partial charge in [0, 0.05) is 23.4 Å². The van der Waals surface area contributed by atoms with Gasteiger partial charge in [-0.15, -0.1) is 6.58 Å². The molecule has 1 saturated carbocycles. The van der Waals surface area contributed by atoms with Gasteiger partial charge in [0.25, 0.3) is 0 Å². The van der Waals surface area contributed by atoms with E-state index in [1.54, 1.807) is 6.08 Å². The predicted octanol–water partition coefficient (Wildman–Crippen LogP) is 3.28. The molecule has 1 aromatic carbocycles. The van der Waals surface area contributed by atoms with Crippen molar-refractivity contribution in [2.45, 2.75) is 31.2 Å². The van der Waals surface area contributed by atoms with Crippen molar-refractivity contribution >= 4 is 17.5 Å². The highest BCUT2D eigenvalue weighted by atomic mass is 35.5. The van der Waals surface area contributed by atoms with Crippen LogP contribution in [-0.4, -0.2) is 11.9 Å². The summed E-state index contributed by atoms with van der Waals surface area (Å²) in [4.78, 5) is 11.5. The molecule has 1 aliphatic rings. The molecule has 1 aliphatic carbocycles. The van der Waals surface area contributed by atoms with Gasteiger partial charge < -0.3 is 5.32 Å². The summed E-state index contributed by atoms with van der Waals surface area (Å²) in [5, 5.41) is 3.78. The van der Waals surface area contributed by atoms with Crippen LogP contribution in [0, 0.1) is 0 Å². The first-order valence-electron chi connectivity index (χ1n) is 5.86. The van der Waals surface area contributed by atoms with E-state index in [-0.39, 0.29) is 11.9 Å². The van der Waals surface area contributed by atoms with Crippen molar-refractivity contribution in [2.24, 2.45) is 0 Å². The molecule has 0 unspecified atom stereocenters. The number of carbonyl (C=O) groups is 1. The highest BCUT2D eigenvalue weighted by molar-refractivity contribution is 6.30. The Morgan fingerprint density at radius 2 is 2.41 bits per heavy atom. The summed E-state index contributed by atoms with van der Waals surface area (Å²) in [5.41, 5.74) is 1.21. The predicted molar refractivity (Wildman–Crippen MR) is 70.2 cm³/mol. The second kappa shape index (κ2) is 5.37. The van der Waals surface area contributed by atoms with E-state index >= 15 is 0 Å². The number of carbonyl (C=O) groups excluding carboxylic acids is 1. The van der Waals surface area contributed by atoms with Gasteiger partial charge in [-0.05, 0) is 30.5 Å². The average Bonchev–Trinajstić information content (AvgIpc) is 3.05. The number of amides is 1. The summed E-state index contributed by atoms with van der Waals surface area (Å²) in [6, 6.07) is 8.14. The van der Waals surface area contributed by atoms with Crippen LogP contribution in [0.25, 0.3) is 0 Å². The second-order valence-electron chi connectivity index (χ2n) is 4.40. The maximum absolute atomic E-state index is 11.5. The first-order valence-corrected chi connectivity index (χ1v) is 6.24. The van der Waals surface area contributed by atoms with Gasteiger partial charge in [0.2, 0.25) is 5.91 Å². The molecular weight excluding hydrogens is 234 g/mol. The molecule has 2 nitrogen and oxygen atoms in total. The molecule has 0 bridgehead atoms. The lowest BCUT2D eigenvalue weighted by atomic mass is 10.1. The van der Waals surface area contributed by atoms with Gasteiger partial charge in [0.05, 0.1) is 0 Å². The Kier molecular flexibility index (Phi) is 3.85. The highest BCUT2D eigenvalue weighted by Gasteiger charge is 2.39. The number of hydrogen-bond donors (Lipinski definition) is 1. The topological polar surface area (TPSA) is 29.1 Å². The van der Waals surface area contributed by atoms with E-state index in [0.29, 0.717) is 12.3 Å². The molecule has 2 rings (SSSR count). The zero-order valence-electron chi connectivity index (χ0n) is 9.66. The van der Waals surface area contributed by atoms with Crippen molar-refractivity contribution in [3.05, 3.63) is 47.5 Å². The number of allylic oxidation sites excluding steroid dienone is 1. The third-order valence-corrected chi connectivity index (χ3v) is 3.22. The summed E-state index contributed by atoms with van der Waals surface area (Å²) >= 11 is 5.94. The number of rotatable bonds is 5. The summed E-state index contributed by atoms with van der Waals surface area (Å²) in [6.07, 6.45) is 4.05. The Bertz CT molecular complexity index is 430. The van der Waals surface area contributed by atoms with E-state index in [1.165, 1.54) is 5.56 Å². The van der Waals surface area contributed by atoms with Crippen molar-refractivity contribution < 1.29 is 4.79 Å². The minimum atomic E-state index is 0.111. The summed E-state index contributed by atoms with van der Waals surface area (Å²) in [5.74, 6) is 0.542. The Hall–Kier alpha value is -1.28. The lowest BCUT2D eigenvalue weighted by Gasteiger charge is -2.04. The molecule has 1 N–H and O–H groups in total. The molecule has 0 saturated heterocycles. The zero-order chi connectivity index (χ0) is 12.3. The van der Waals surface area contributed by atoms with Gasteiger partial charge in [0.15, 0.2) is 0 Å². The fourth-order valence-corrected chi connectivity index (χ4v) is 2.17. The number of benzene rings is 1. The molecule has 1 fully saturated rings. The van der Waals surface area contributed by atoms with Gasteiger partial charge in [-0.1, -0.05) is 29.8 Å². The molecule has 90 valence electrons. The van der Waals surface area contributed by atoms with Crippen molar-refractivity contribution in [3.63, 3.8) is 0 Å². The summed E-state index contributed by atoms with van der Waals surface area (Å²) in [6.45, 7) is 3.60. The minimum absolute atomic E-state index is 0.111. The molecule has 1 amide bonds. The highest BCUT2D eigenvalue weighted by Crippen LogP contribution is 2.41. The van der Waals surface area contributed by atoms with Gasteiger partial charge in [-0.3, -0.25) is 4.79 Å². The lowest BCUT2D eigenvalue weighted by molar-refractivity contribution is -0.121. The van der Waals surface area contributed by atoms with Gasteiger partial charge in [-0.25, -0.2) is 0 Å². The maximum Gasteiger partial charge on any atom is 0.220 e. The van der Waals surface area contributed by atoms with Crippen LogP contribution in [0.2, 0.25) is 5.02 Å². The van der Waals surface area contributed by atoms with E-state index in [1.807, 2.05) is 18.2 Å². The monoisotopic (exact) mass is 249 g/mol. The molecule has 0 radical (unpaired) electrons.